The molecule has 1 aliphatic rings. The topological polar surface area (TPSA) is 84.7 Å². The summed E-state index contributed by atoms with van der Waals surface area (Å²) in [6.45, 7) is 6.64. The maximum absolute atomic E-state index is 12.6. The number of halogens is 1. The zero-order valence-corrected chi connectivity index (χ0v) is 18.3. The predicted octanol–water partition coefficient (Wildman–Crippen LogP) is 2.83. The number of amides is 2. The van der Waals surface area contributed by atoms with Crippen molar-refractivity contribution in [1.29, 1.82) is 0 Å². The monoisotopic (exact) mass is 429 g/mol. The fourth-order valence-corrected chi connectivity index (χ4v) is 3.70. The van der Waals surface area contributed by atoms with E-state index in [1.54, 1.807) is 0 Å². The number of hydrogen-bond acceptors (Lipinski definition) is 5. The minimum atomic E-state index is -0.233. The molecule has 0 aliphatic carbocycles. The Balaban J connectivity index is 0.00000392. The van der Waals surface area contributed by atoms with Gasteiger partial charge in [-0.05, 0) is 51.8 Å². The summed E-state index contributed by atoms with van der Waals surface area (Å²) in [7, 11) is 0. The van der Waals surface area contributed by atoms with E-state index in [1.165, 1.54) is 11.8 Å². The molecule has 1 atom stereocenters. The maximum Gasteiger partial charge on any atom is 0.235 e. The van der Waals surface area contributed by atoms with Crippen molar-refractivity contribution in [3.05, 3.63) is 29.8 Å². The molecule has 0 aromatic heterocycles. The number of benzene rings is 1. The first kappa shape index (κ1) is 24.8. The number of anilines is 1. The van der Waals surface area contributed by atoms with Gasteiger partial charge in [-0.15, -0.1) is 24.2 Å². The van der Waals surface area contributed by atoms with Crippen molar-refractivity contribution >= 4 is 41.7 Å². The fraction of sp³-hybridized carbons (Fsp3) is 0.600. The summed E-state index contributed by atoms with van der Waals surface area (Å²) in [6, 6.07) is 7.68. The van der Waals surface area contributed by atoms with Gasteiger partial charge in [0, 0.05) is 25.4 Å². The second-order valence-electron chi connectivity index (χ2n) is 6.91. The molecule has 3 N–H and O–H groups in total. The van der Waals surface area contributed by atoms with Crippen molar-refractivity contribution in [2.24, 2.45) is 5.73 Å². The molecule has 2 rings (SSSR count). The molecular weight excluding hydrogens is 398 g/mol. The van der Waals surface area contributed by atoms with Crippen molar-refractivity contribution < 1.29 is 14.3 Å². The average Bonchev–Trinajstić information content (AvgIpc) is 2.68. The molecule has 1 unspecified atom stereocenters. The van der Waals surface area contributed by atoms with Gasteiger partial charge in [-0.25, -0.2) is 0 Å². The van der Waals surface area contributed by atoms with Crippen LogP contribution in [0.1, 0.15) is 31.7 Å². The summed E-state index contributed by atoms with van der Waals surface area (Å²) in [5.41, 5.74) is 7.40. The Hall–Kier alpha value is -1.28. The third-order valence-electron chi connectivity index (χ3n) is 4.60. The highest BCUT2D eigenvalue weighted by molar-refractivity contribution is 8.01. The molecule has 1 aliphatic heterocycles. The highest BCUT2D eigenvalue weighted by Gasteiger charge is 2.26. The number of rotatable bonds is 9. The Bertz CT molecular complexity index is 607. The van der Waals surface area contributed by atoms with E-state index in [-0.39, 0.29) is 41.3 Å². The van der Waals surface area contributed by atoms with E-state index in [0.29, 0.717) is 26.2 Å². The van der Waals surface area contributed by atoms with Gasteiger partial charge in [0.15, 0.2) is 0 Å². The molecule has 158 valence electrons. The van der Waals surface area contributed by atoms with Crippen molar-refractivity contribution in [3.8, 4) is 0 Å². The molecule has 1 aromatic rings. The molecule has 1 fully saturated rings. The smallest absolute Gasteiger partial charge is 0.235 e. The summed E-state index contributed by atoms with van der Waals surface area (Å²) >= 11 is 1.38. The van der Waals surface area contributed by atoms with Gasteiger partial charge in [-0.3, -0.25) is 9.59 Å². The molecule has 1 saturated heterocycles. The first-order valence-corrected chi connectivity index (χ1v) is 10.6. The van der Waals surface area contributed by atoms with Crippen LogP contribution in [0.5, 0.6) is 0 Å². The lowest BCUT2D eigenvalue weighted by molar-refractivity contribution is -0.132. The average molecular weight is 430 g/mol. The molecule has 6 nitrogen and oxygen atoms in total. The Morgan fingerprint density at radius 3 is 2.54 bits per heavy atom. The molecular formula is C20H32ClN3O3S. The first-order valence-electron chi connectivity index (χ1n) is 9.58. The normalized spacial score (nSPS) is 15.6. The number of hydrogen-bond donors (Lipinski definition) is 2. The number of ether oxygens (including phenoxy) is 1. The summed E-state index contributed by atoms with van der Waals surface area (Å²) in [5.74, 6) is 0.276. The van der Waals surface area contributed by atoms with Gasteiger partial charge in [0.1, 0.15) is 0 Å². The van der Waals surface area contributed by atoms with E-state index in [4.69, 9.17) is 10.5 Å². The van der Waals surface area contributed by atoms with Crippen molar-refractivity contribution in [1.82, 2.24) is 4.90 Å². The van der Waals surface area contributed by atoms with Gasteiger partial charge in [-0.2, -0.15) is 0 Å². The lowest BCUT2D eigenvalue weighted by atomic mass is 10.1. The number of nitrogens with one attached hydrogen (secondary N) is 1. The zero-order chi connectivity index (χ0) is 19.6. The number of nitrogens with two attached hydrogens (primary N) is 1. The Kier molecular flexibility index (Phi) is 11.5. The van der Waals surface area contributed by atoms with Crippen LogP contribution in [0.2, 0.25) is 0 Å². The Morgan fingerprint density at radius 1 is 1.29 bits per heavy atom. The number of carbonyl (C=O) groups excluding carboxylic acids is 2. The van der Waals surface area contributed by atoms with E-state index in [0.717, 1.165) is 30.5 Å². The molecule has 0 spiro atoms. The van der Waals surface area contributed by atoms with E-state index >= 15 is 0 Å². The molecule has 28 heavy (non-hydrogen) atoms. The predicted molar refractivity (Wildman–Crippen MR) is 118 cm³/mol. The summed E-state index contributed by atoms with van der Waals surface area (Å²) < 4.78 is 5.78. The standard InChI is InChI=1S/C20H31N3O3S.ClH/c1-15-4-6-17(7-5-15)22-19(24)14-27-16(2)20(25)23-11-8-18(9-12-23)26-13-3-10-21;/h4-7,16,18H,3,8-14,21H2,1-2H3,(H,22,24);1H. The third kappa shape index (κ3) is 8.39. The summed E-state index contributed by atoms with van der Waals surface area (Å²) in [6.07, 6.45) is 2.82. The zero-order valence-electron chi connectivity index (χ0n) is 16.7. The van der Waals surface area contributed by atoms with Crippen LogP contribution in [-0.2, 0) is 14.3 Å². The highest BCUT2D eigenvalue weighted by Crippen LogP contribution is 2.19. The minimum Gasteiger partial charge on any atom is -0.378 e. The third-order valence-corrected chi connectivity index (χ3v) is 5.73. The van der Waals surface area contributed by atoms with E-state index in [1.807, 2.05) is 43.0 Å². The maximum atomic E-state index is 12.6. The number of aryl methyl sites for hydroxylation is 1. The van der Waals surface area contributed by atoms with Gasteiger partial charge in [0.05, 0.1) is 17.1 Å². The van der Waals surface area contributed by atoms with E-state index in [2.05, 4.69) is 5.32 Å². The van der Waals surface area contributed by atoms with Crippen LogP contribution in [0.15, 0.2) is 24.3 Å². The lowest BCUT2D eigenvalue weighted by Crippen LogP contribution is -2.44. The summed E-state index contributed by atoms with van der Waals surface area (Å²) in [5, 5.41) is 2.63. The minimum absolute atomic E-state index is 0. The SMILES string of the molecule is Cc1ccc(NC(=O)CSC(C)C(=O)N2CCC(OCCCN)CC2)cc1.Cl. The molecule has 0 bridgehead atoms. The summed E-state index contributed by atoms with van der Waals surface area (Å²) in [4.78, 5) is 26.6. The van der Waals surface area contributed by atoms with Crippen molar-refractivity contribution in [2.75, 3.05) is 37.3 Å². The molecule has 2 amide bonds. The van der Waals surface area contributed by atoms with Crippen LogP contribution < -0.4 is 11.1 Å². The second kappa shape index (κ2) is 13.0. The van der Waals surface area contributed by atoms with E-state index < -0.39 is 0 Å². The van der Waals surface area contributed by atoms with Gasteiger partial charge in [0.2, 0.25) is 11.8 Å². The fourth-order valence-electron chi connectivity index (χ4n) is 2.94. The number of piperidine rings is 1. The van der Waals surface area contributed by atoms with Gasteiger partial charge in [0.25, 0.3) is 0 Å². The van der Waals surface area contributed by atoms with Crippen LogP contribution in [-0.4, -0.2) is 60.1 Å². The van der Waals surface area contributed by atoms with E-state index in [9.17, 15) is 9.59 Å². The number of likely N-dealkylation sites (tertiary alicyclic amines) is 1. The Labute approximate surface area is 178 Å². The van der Waals surface area contributed by atoms with Crippen molar-refractivity contribution in [3.63, 3.8) is 0 Å². The Morgan fingerprint density at radius 2 is 1.93 bits per heavy atom. The molecule has 0 saturated carbocycles. The highest BCUT2D eigenvalue weighted by atomic mass is 35.5. The quantitative estimate of drug-likeness (QED) is 0.589. The van der Waals surface area contributed by atoms with Crippen LogP contribution in [0.3, 0.4) is 0 Å². The van der Waals surface area contributed by atoms with Gasteiger partial charge in [-0.1, -0.05) is 17.7 Å². The van der Waals surface area contributed by atoms with Crippen LogP contribution >= 0.6 is 24.2 Å². The van der Waals surface area contributed by atoms with Crippen LogP contribution in [0.25, 0.3) is 0 Å². The lowest BCUT2D eigenvalue weighted by Gasteiger charge is -2.33. The largest absolute Gasteiger partial charge is 0.378 e. The van der Waals surface area contributed by atoms with Crippen LogP contribution in [0.4, 0.5) is 5.69 Å². The first-order chi connectivity index (χ1) is 13.0. The molecule has 1 aromatic carbocycles. The number of nitrogens with zero attached hydrogens (tertiary/aromatic N) is 1. The number of carbonyl (C=O) groups is 2. The number of thioether (sulfide) groups is 1. The van der Waals surface area contributed by atoms with Crippen LogP contribution in [0, 0.1) is 6.92 Å². The van der Waals surface area contributed by atoms with Gasteiger partial charge < -0.3 is 20.7 Å². The van der Waals surface area contributed by atoms with Crippen molar-refractivity contribution in [2.45, 2.75) is 44.5 Å². The molecule has 0 radical (unpaired) electrons. The second-order valence-corrected chi connectivity index (χ2v) is 8.23. The molecule has 1 heterocycles. The van der Waals surface area contributed by atoms with Gasteiger partial charge >= 0.3 is 0 Å². The molecule has 8 heteroatoms.